The third-order valence-corrected chi connectivity index (χ3v) is 3.02. The molecule has 0 saturated heterocycles. The van der Waals surface area contributed by atoms with E-state index in [2.05, 4.69) is 12.1 Å². The number of ether oxygens (including phenoxy) is 1. The summed E-state index contributed by atoms with van der Waals surface area (Å²) in [6.07, 6.45) is -0.373. The largest absolute Gasteiger partial charge is 0.486 e. The second-order valence-electron chi connectivity index (χ2n) is 4.59. The van der Waals surface area contributed by atoms with E-state index in [-0.39, 0.29) is 18.8 Å². The summed E-state index contributed by atoms with van der Waals surface area (Å²) in [5.41, 5.74) is 8.03. The zero-order chi connectivity index (χ0) is 13.7. The van der Waals surface area contributed by atoms with E-state index in [0.29, 0.717) is 0 Å². The predicted molar refractivity (Wildman–Crippen MR) is 77.0 cm³/mol. The van der Waals surface area contributed by atoms with Crippen LogP contribution in [0.15, 0.2) is 54.6 Å². The molecule has 0 spiro atoms. The van der Waals surface area contributed by atoms with Crippen molar-refractivity contribution in [3.05, 3.63) is 54.6 Å². The summed E-state index contributed by atoms with van der Waals surface area (Å²) in [7, 11) is 0. The Kier molecular flexibility index (Phi) is 4.55. The Balaban J connectivity index is 2.11. The highest BCUT2D eigenvalue weighted by molar-refractivity contribution is 5.63. The average molecular weight is 257 g/mol. The van der Waals surface area contributed by atoms with Crippen LogP contribution in [0.5, 0.6) is 5.75 Å². The first-order chi connectivity index (χ1) is 9.20. The Morgan fingerprint density at radius 3 is 2.11 bits per heavy atom. The molecule has 0 bridgehead atoms. The molecular formula is C16H19NO2. The van der Waals surface area contributed by atoms with E-state index in [9.17, 15) is 5.11 Å². The van der Waals surface area contributed by atoms with Gasteiger partial charge in [-0.05, 0) is 30.2 Å². The van der Waals surface area contributed by atoms with Gasteiger partial charge in [0, 0.05) is 6.04 Å². The van der Waals surface area contributed by atoms with Gasteiger partial charge in [0.25, 0.3) is 0 Å². The fourth-order valence-corrected chi connectivity index (χ4v) is 1.84. The molecule has 0 aromatic heterocycles. The summed E-state index contributed by atoms with van der Waals surface area (Å²) in [5.74, 6) is 0.719. The first-order valence-electron chi connectivity index (χ1n) is 6.39. The first kappa shape index (κ1) is 13.6. The molecule has 2 unspecified atom stereocenters. The van der Waals surface area contributed by atoms with Crippen molar-refractivity contribution in [3.8, 4) is 16.9 Å². The molecule has 2 aromatic carbocycles. The Morgan fingerprint density at radius 1 is 1.00 bits per heavy atom. The van der Waals surface area contributed by atoms with Gasteiger partial charge >= 0.3 is 0 Å². The Labute approximate surface area is 113 Å². The molecule has 0 aliphatic rings. The van der Waals surface area contributed by atoms with Crippen LogP contribution in [0.25, 0.3) is 11.1 Å². The number of aliphatic hydroxyl groups is 1. The zero-order valence-electron chi connectivity index (χ0n) is 11.0. The van der Waals surface area contributed by atoms with Gasteiger partial charge in [0.1, 0.15) is 11.9 Å². The topological polar surface area (TPSA) is 55.5 Å². The van der Waals surface area contributed by atoms with Crippen molar-refractivity contribution in [1.82, 2.24) is 0 Å². The minimum atomic E-state index is -0.373. The van der Waals surface area contributed by atoms with Crippen molar-refractivity contribution in [2.45, 2.75) is 19.1 Å². The molecule has 2 atom stereocenters. The monoisotopic (exact) mass is 257 g/mol. The number of nitrogens with two attached hydrogens (primary N) is 1. The van der Waals surface area contributed by atoms with Crippen LogP contribution in [0.4, 0.5) is 0 Å². The second-order valence-corrected chi connectivity index (χ2v) is 4.59. The standard InChI is InChI=1S/C16H19NO2/c1-12(17)16(11-18)19-15-9-7-14(8-10-15)13-5-3-2-4-6-13/h2-10,12,16,18H,11,17H2,1H3. The van der Waals surface area contributed by atoms with E-state index in [1.807, 2.05) is 49.4 Å². The van der Waals surface area contributed by atoms with E-state index in [0.717, 1.165) is 11.3 Å². The Morgan fingerprint density at radius 2 is 1.58 bits per heavy atom. The molecule has 100 valence electrons. The third-order valence-electron chi connectivity index (χ3n) is 3.02. The predicted octanol–water partition coefficient (Wildman–Crippen LogP) is 2.44. The summed E-state index contributed by atoms with van der Waals surface area (Å²) in [5, 5.41) is 9.19. The zero-order valence-corrected chi connectivity index (χ0v) is 11.0. The number of aliphatic hydroxyl groups excluding tert-OH is 1. The minimum Gasteiger partial charge on any atom is -0.486 e. The molecule has 0 heterocycles. The number of benzene rings is 2. The summed E-state index contributed by atoms with van der Waals surface area (Å²) in [4.78, 5) is 0. The quantitative estimate of drug-likeness (QED) is 0.865. The van der Waals surface area contributed by atoms with E-state index in [1.54, 1.807) is 0 Å². The van der Waals surface area contributed by atoms with E-state index >= 15 is 0 Å². The van der Waals surface area contributed by atoms with Crippen molar-refractivity contribution < 1.29 is 9.84 Å². The van der Waals surface area contributed by atoms with Gasteiger partial charge < -0.3 is 15.6 Å². The van der Waals surface area contributed by atoms with E-state index in [4.69, 9.17) is 10.5 Å². The fourth-order valence-electron chi connectivity index (χ4n) is 1.84. The molecule has 0 aliphatic heterocycles. The third kappa shape index (κ3) is 3.56. The van der Waals surface area contributed by atoms with Crippen molar-refractivity contribution in [3.63, 3.8) is 0 Å². The van der Waals surface area contributed by atoms with Crippen molar-refractivity contribution in [2.24, 2.45) is 5.73 Å². The van der Waals surface area contributed by atoms with Gasteiger partial charge in [-0.2, -0.15) is 0 Å². The molecule has 0 aliphatic carbocycles. The van der Waals surface area contributed by atoms with E-state index < -0.39 is 0 Å². The van der Waals surface area contributed by atoms with Crippen LogP contribution >= 0.6 is 0 Å². The van der Waals surface area contributed by atoms with Gasteiger partial charge in [-0.15, -0.1) is 0 Å². The van der Waals surface area contributed by atoms with Crippen molar-refractivity contribution in [1.29, 1.82) is 0 Å². The molecule has 3 nitrogen and oxygen atoms in total. The first-order valence-corrected chi connectivity index (χ1v) is 6.39. The van der Waals surface area contributed by atoms with Crippen LogP contribution in [0.3, 0.4) is 0 Å². The molecule has 2 rings (SSSR count). The van der Waals surface area contributed by atoms with Crippen molar-refractivity contribution in [2.75, 3.05) is 6.61 Å². The van der Waals surface area contributed by atoms with Crippen LogP contribution < -0.4 is 10.5 Å². The molecule has 0 amide bonds. The Hall–Kier alpha value is -1.84. The number of rotatable bonds is 5. The summed E-state index contributed by atoms with van der Waals surface area (Å²) >= 11 is 0. The van der Waals surface area contributed by atoms with Crippen LogP contribution in [-0.2, 0) is 0 Å². The molecule has 3 heteroatoms. The highest BCUT2D eigenvalue weighted by atomic mass is 16.5. The normalized spacial score (nSPS) is 13.8. The fraction of sp³-hybridized carbons (Fsp3) is 0.250. The summed E-state index contributed by atoms with van der Waals surface area (Å²) < 4.78 is 5.64. The second kappa shape index (κ2) is 6.36. The van der Waals surface area contributed by atoms with Gasteiger partial charge in [-0.25, -0.2) is 0 Å². The van der Waals surface area contributed by atoms with Crippen molar-refractivity contribution >= 4 is 0 Å². The molecule has 0 saturated carbocycles. The molecule has 2 aromatic rings. The molecule has 3 N–H and O–H groups in total. The maximum absolute atomic E-state index is 9.19. The average Bonchev–Trinajstić information content (AvgIpc) is 2.46. The SMILES string of the molecule is CC(N)C(CO)Oc1ccc(-c2ccccc2)cc1. The number of hydrogen-bond donors (Lipinski definition) is 2. The summed E-state index contributed by atoms with van der Waals surface area (Å²) in [6.45, 7) is 1.73. The highest BCUT2D eigenvalue weighted by Gasteiger charge is 2.14. The lowest BCUT2D eigenvalue weighted by atomic mass is 10.1. The minimum absolute atomic E-state index is 0.0852. The number of hydrogen-bond acceptors (Lipinski definition) is 3. The van der Waals surface area contributed by atoms with Gasteiger partial charge in [-0.3, -0.25) is 0 Å². The lowest BCUT2D eigenvalue weighted by Crippen LogP contribution is -2.39. The van der Waals surface area contributed by atoms with Crippen LogP contribution in [-0.4, -0.2) is 23.9 Å². The van der Waals surface area contributed by atoms with Crippen LogP contribution in [0.1, 0.15) is 6.92 Å². The van der Waals surface area contributed by atoms with Crippen LogP contribution in [0.2, 0.25) is 0 Å². The van der Waals surface area contributed by atoms with Gasteiger partial charge in [0.15, 0.2) is 0 Å². The smallest absolute Gasteiger partial charge is 0.136 e. The Bertz CT molecular complexity index is 494. The summed E-state index contributed by atoms with van der Waals surface area (Å²) in [6, 6.07) is 17.7. The molecule has 19 heavy (non-hydrogen) atoms. The van der Waals surface area contributed by atoms with E-state index in [1.165, 1.54) is 5.56 Å². The maximum atomic E-state index is 9.19. The van der Waals surface area contributed by atoms with Gasteiger partial charge in [-0.1, -0.05) is 42.5 Å². The highest BCUT2D eigenvalue weighted by Crippen LogP contribution is 2.22. The lowest BCUT2D eigenvalue weighted by molar-refractivity contribution is 0.0991. The van der Waals surface area contributed by atoms with Gasteiger partial charge in [0.2, 0.25) is 0 Å². The molecule has 0 fully saturated rings. The molecule has 0 radical (unpaired) electrons. The lowest BCUT2D eigenvalue weighted by Gasteiger charge is -2.20. The van der Waals surface area contributed by atoms with Crippen LogP contribution in [0, 0.1) is 0 Å². The molecular weight excluding hydrogens is 238 g/mol. The van der Waals surface area contributed by atoms with Gasteiger partial charge in [0.05, 0.1) is 6.61 Å². The maximum Gasteiger partial charge on any atom is 0.136 e.